The van der Waals surface area contributed by atoms with E-state index in [1.54, 1.807) is 0 Å². The maximum atomic E-state index is 10.5. The first-order valence-electron chi connectivity index (χ1n) is 8.11. The van der Waals surface area contributed by atoms with E-state index in [1.807, 2.05) is 0 Å². The first-order chi connectivity index (χ1) is 9.24. The molecule has 0 saturated heterocycles. The molecule has 0 amide bonds. The summed E-state index contributed by atoms with van der Waals surface area (Å²) in [5.74, 6) is 0.0832. The fourth-order valence-corrected chi connectivity index (χ4v) is 3.57. The number of hydrogen-bond acceptors (Lipinski definition) is 2. The SMILES string of the molecule is O=C(O)CCCC1CCC(OC2CCCCC2)CC1. The third kappa shape index (κ3) is 5.52. The van der Waals surface area contributed by atoms with Gasteiger partial charge in [-0.25, -0.2) is 0 Å². The van der Waals surface area contributed by atoms with Crippen molar-refractivity contribution in [2.75, 3.05) is 0 Å². The molecule has 2 aliphatic rings. The fourth-order valence-electron chi connectivity index (χ4n) is 3.57. The van der Waals surface area contributed by atoms with E-state index in [9.17, 15) is 4.79 Å². The van der Waals surface area contributed by atoms with Crippen LogP contribution >= 0.6 is 0 Å². The van der Waals surface area contributed by atoms with Gasteiger partial charge in [0.05, 0.1) is 12.2 Å². The maximum Gasteiger partial charge on any atom is 0.303 e. The quantitative estimate of drug-likeness (QED) is 0.787. The zero-order valence-electron chi connectivity index (χ0n) is 12.0. The Morgan fingerprint density at radius 2 is 1.58 bits per heavy atom. The van der Waals surface area contributed by atoms with E-state index in [4.69, 9.17) is 9.84 Å². The zero-order valence-corrected chi connectivity index (χ0v) is 12.0. The summed E-state index contributed by atoms with van der Waals surface area (Å²) in [5, 5.41) is 8.65. The average Bonchev–Trinajstić information content (AvgIpc) is 2.42. The van der Waals surface area contributed by atoms with Gasteiger partial charge in [-0.1, -0.05) is 19.3 Å². The lowest BCUT2D eigenvalue weighted by atomic mass is 9.84. The summed E-state index contributed by atoms with van der Waals surface area (Å²) in [4.78, 5) is 10.5. The monoisotopic (exact) mass is 268 g/mol. The minimum atomic E-state index is -0.658. The molecular formula is C16H28O3. The van der Waals surface area contributed by atoms with Gasteiger partial charge in [0.15, 0.2) is 0 Å². The molecule has 0 aromatic rings. The number of hydrogen-bond donors (Lipinski definition) is 1. The molecule has 0 aliphatic heterocycles. The van der Waals surface area contributed by atoms with Crippen LogP contribution in [0.1, 0.15) is 77.0 Å². The molecule has 0 spiro atoms. The van der Waals surface area contributed by atoms with Crippen molar-refractivity contribution < 1.29 is 14.6 Å². The summed E-state index contributed by atoms with van der Waals surface area (Å²) in [6.45, 7) is 0. The molecule has 0 aromatic carbocycles. The lowest BCUT2D eigenvalue weighted by Crippen LogP contribution is -2.28. The molecule has 3 nitrogen and oxygen atoms in total. The first kappa shape index (κ1) is 14.8. The summed E-state index contributed by atoms with van der Waals surface area (Å²) in [7, 11) is 0. The Bertz CT molecular complexity index is 263. The number of carboxylic acid groups (broad SMARTS) is 1. The van der Waals surface area contributed by atoms with Crippen molar-refractivity contribution >= 4 is 5.97 Å². The lowest BCUT2D eigenvalue weighted by molar-refractivity contribution is -0.137. The van der Waals surface area contributed by atoms with Crippen LogP contribution in [-0.4, -0.2) is 23.3 Å². The Labute approximate surface area is 116 Å². The Hall–Kier alpha value is -0.570. The molecule has 2 fully saturated rings. The summed E-state index contributed by atoms with van der Waals surface area (Å²) in [5.41, 5.74) is 0. The van der Waals surface area contributed by atoms with Crippen molar-refractivity contribution in [1.82, 2.24) is 0 Å². The van der Waals surface area contributed by atoms with Crippen LogP contribution in [0.25, 0.3) is 0 Å². The van der Waals surface area contributed by atoms with E-state index >= 15 is 0 Å². The Morgan fingerprint density at radius 3 is 2.21 bits per heavy atom. The topological polar surface area (TPSA) is 46.5 Å². The van der Waals surface area contributed by atoms with Gasteiger partial charge >= 0.3 is 5.97 Å². The van der Waals surface area contributed by atoms with Gasteiger partial charge in [0, 0.05) is 6.42 Å². The van der Waals surface area contributed by atoms with Crippen molar-refractivity contribution in [2.24, 2.45) is 5.92 Å². The fraction of sp³-hybridized carbons (Fsp3) is 0.938. The number of carboxylic acids is 1. The molecule has 110 valence electrons. The first-order valence-corrected chi connectivity index (χ1v) is 8.11. The van der Waals surface area contributed by atoms with Crippen LogP contribution < -0.4 is 0 Å². The molecule has 1 N–H and O–H groups in total. The Morgan fingerprint density at radius 1 is 0.947 bits per heavy atom. The van der Waals surface area contributed by atoms with Gasteiger partial charge < -0.3 is 9.84 Å². The van der Waals surface area contributed by atoms with E-state index in [1.165, 1.54) is 57.8 Å². The van der Waals surface area contributed by atoms with Crippen molar-refractivity contribution in [3.05, 3.63) is 0 Å². The number of rotatable bonds is 6. The zero-order chi connectivity index (χ0) is 13.5. The summed E-state index contributed by atoms with van der Waals surface area (Å²) in [6, 6.07) is 0. The summed E-state index contributed by atoms with van der Waals surface area (Å²) in [6.07, 6.45) is 14.7. The average molecular weight is 268 g/mol. The van der Waals surface area contributed by atoms with E-state index in [0.717, 1.165) is 18.8 Å². The maximum absolute atomic E-state index is 10.5. The van der Waals surface area contributed by atoms with Crippen LogP contribution in [0.4, 0.5) is 0 Å². The van der Waals surface area contributed by atoms with Crippen LogP contribution in [0, 0.1) is 5.92 Å². The van der Waals surface area contributed by atoms with Crippen LogP contribution in [0.15, 0.2) is 0 Å². The van der Waals surface area contributed by atoms with Crippen LogP contribution in [0.2, 0.25) is 0 Å². The third-order valence-electron chi connectivity index (χ3n) is 4.73. The van der Waals surface area contributed by atoms with Gasteiger partial charge in [0.2, 0.25) is 0 Å². The molecule has 19 heavy (non-hydrogen) atoms. The molecular weight excluding hydrogens is 240 g/mol. The smallest absolute Gasteiger partial charge is 0.303 e. The highest BCUT2D eigenvalue weighted by Gasteiger charge is 2.24. The second-order valence-corrected chi connectivity index (χ2v) is 6.32. The van der Waals surface area contributed by atoms with E-state index in [2.05, 4.69) is 0 Å². The largest absolute Gasteiger partial charge is 0.481 e. The number of aliphatic carboxylic acids is 1. The van der Waals surface area contributed by atoms with Crippen molar-refractivity contribution in [3.8, 4) is 0 Å². The lowest BCUT2D eigenvalue weighted by Gasteiger charge is -2.32. The molecule has 0 bridgehead atoms. The summed E-state index contributed by atoms with van der Waals surface area (Å²) < 4.78 is 6.23. The van der Waals surface area contributed by atoms with Gasteiger partial charge in [0.25, 0.3) is 0 Å². The Kier molecular flexibility index (Phi) is 6.15. The third-order valence-corrected chi connectivity index (χ3v) is 4.73. The molecule has 0 unspecified atom stereocenters. The van der Waals surface area contributed by atoms with Gasteiger partial charge in [0.1, 0.15) is 0 Å². The highest BCUT2D eigenvalue weighted by molar-refractivity contribution is 5.66. The van der Waals surface area contributed by atoms with Gasteiger partial charge in [-0.3, -0.25) is 4.79 Å². The van der Waals surface area contributed by atoms with Crippen molar-refractivity contribution in [3.63, 3.8) is 0 Å². The van der Waals surface area contributed by atoms with E-state index < -0.39 is 5.97 Å². The Balaban J connectivity index is 1.58. The highest BCUT2D eigenvalue weighted by Crippen LogP contribution is 2.32. The minimum absolute atomic E-state index is 0.332. The molecule has 2 aliphatic carbocycles. The van der Waals surface area contributed by atoms with Crippen molar-refractivity contribution in [1.29, 1.82) is 0 Å². The molecule has 2 saturated carbocycles. The second-order valence-electron chi connectivity index (χ2n) is 6.32. The molecule has 0 atom stereocenters. The van der Waals surface area contributed by atoms with Crippen molar-refractivity contribution in [2.45, 2.75) is 89.3 Å². The van der Waals surface area contributed by atoms with E-state index in [-0.39, 0.29) is 0 Å². The number of ether oxygens (including phenoxy) is 1. The highest BCUT2D eigenvalue weighted by atomic mass is 16.5. The van der Waals surface area contributed by atoms with Crippen LogP contribution in [0.5, 0.6) is 0 Å². The molecule has 3 heteroatoms. The number of carbonyl (C=O) groups is 1. The molecule has 0 radical (unpaired) electrons. The minimum Gasteiger partial charge on any atom is -0.481 e. The molecule has 0 aromatic heterocycles. The second kappa shape index (κ2) is 7.88. The normalized spacial score (nSPS) is 29.3. The van der Waals surface area contributed by atoms with Gasteiger partial charge in [-0.05, 0) is 57.3 Å². The molecule has 0 heterocycles. The van der Waals surface area contributed by atoms with Crippen LogP contribution in [-0.2, 0) is 9.53 Å². The predicted octanol–water partition coefficient (Wildman–Crippen LogP) is 4.15. The van der Waals surface area contributed by atoms with Crippen LogP contribution in [0.3, 0.4) is 0 Å². The molecule has 2 rings (SSSR count). The van der Waals surface area contributed by atoms with Gasteiger partial charge in [-0.2, -0.15) is 0 Å². The standard InChI is InChI=1S/C16H28O3/c17-16(18)8-4-5-13-9-11-15(12-10-13)19-14-6-2-1-3-7-14/h13-15H,1-12H2,(H,17,18). The predicted molar refractivity (Wildman–Crippen MR) is 75.2 cm³/mol. The summed E-state index contributed by atoms with van der Waals surface area (Å²) >= 11 is 0. The van der Waals surface area contributed by atoms with E-state index in [0.29, 0.717) is 18.6 Å². The van der Waals surface area contributed by atoms with Gasteiger partial charge in [-0.15, -0.1) is 0 Å².